The van der Waals surface area contributed by atoms with Gasteiger partial charge in [-0.2, -0.15) is 0 Å². The molecule has 0 atom stereocenters. The largest absolute Gasteiger partial charge is 0.326 e. The fraction of sp³-hybridized carbons (Fsp3) is 0.625. The molecule has 0 spiro atoms. The van der Waals surface area contributed by atoms with E-state index < -0.39 is 0 Å². The normalized spacial score (nSPS) is 10.4. The standard InChI is InChI=1S/C16H26N2O/c1-3-4-5-6-7-8-9-10-16(19)18-15-11-12-17-14(2)13-15/h11-13H,3-10H2,1-2H3,(H,17,18,19). The monoisotopic (exact) mass is 262 g/mol. The summed E-state index contributed by atoms with van der Waals surface area (Å²) in [5.74, 6) is 0.110. The van der Waals surface area contributed by atoms with E-state index in [0.29, 0.717) is 6.42 Å². The molecule has 0 aromatic carbocycles. The molecule has 0 saturated carbocycles. The Morgan fingerprint density at radius 2 is 1.84 bits per heavy atom. The highest BCUT2D eigenvalue weighted by atomic mass is 16.1. The Morgan fingerprint density at radius 1 is 1.16 bits per heavy atom. The minimum Gasteiger partial charge on any atom is -0.326 e. The fourth-order valence-corrected chi connectivity index (χ4v) is 2.09. The van der Waals surface area contributed by atoms with Crippen LogP contribution in [-0.2, 0) is 4.79 Å². The van der Waals surface area contributed by atoms with Gasteiger partial charge in [0.15, 0.2) is 0 Å². The van der Waals surface area contributed by atoms with Crippen LogP contribution in [0.5, 0.6) is 0 Å². The van der Waals surface area contributed by atoms with Crippen molar-refractivity contribution in [3.05, 3.63) is 24.0 Å². The first-order valence-electron chi connectivity index (χ1n) is 7.45. The molecule has 0 bridgehead atoms. The van der Waals surface area contributed by atoms with Crippen molar-refractivity contribution in [3.63, 3.8) is 0 Å². The van der Waals surface area contributed by atoms with Gasteiger partial charge in [0.1, 0.15) is 0 Å². The van der Waals surface area contributed by atoms with Gasteiger partial charge in [-0.1, -0.05) is 45.4 Å². The van der Waals surface area contributed by atoms with Crippen LogP contribution in [0.3, 0.4) is 0 Å². The second-order valence-corrected chi connectivity index (χ2v) is 5.11. The molecule has 0 unspecified atom stereocenters. The van der Waals surface area contributed by atoms with Crippen molar-refractivity contribution in [2.75, 3.05) is 5.32 Å². The van der Waals surface area contributed by atoms with Crippen molar-refractivity contribution in [2.24, 2.45) is 0 Å². The van der Waals surface area contributed by atoms with E-state index in [1.807, 2.05) is 19.1 Å². The number of hydrogen-bond donors (Lipinski definition) is 1. The molecule has 3 heteroatoms. The van der Waals surface area contributed by atoms with Crippen LogP contribution in [0.15, 0.2) is 18.3 Å². The first kappa shape index (κ1) is 15.7. The number of aromatic nitrogens is 1. The molecule has 0 aliphatic heterocycles. The van der Waals surface area contributed by atoms with Crippen molar-refractivity contribution in [2.45, 2.75) is 65.2 Å². The Morgan fingerprint density at radius 3 is 2.53 bits per heavy atom. The topological polar surface area (TPSA) is 42.0 Å². The summed E-state index contributed by atoms with van der Waals surface area (Å²) < 4.78 is 0. The molecular formula is C16H26N2O. The number of amides is 1. The molecule has 0 saturated heterocycles. The van der Waals surface area contributed by atoms with Gasteiger partial charge >= 0.3 is 0 Å². The Balaban J connectivity index is 2.08. The molecule has 1 N–H and O–H groups in total. The first-order valence-corrected chi connectivity index (χ1v) is 7.45. The molecule has 0 aliphatic rings. The second kappa shape index (κ2) is 9.54. The van der Waals surface area contributed by atoms with E-state index in [1.54, 1.807) is 6.20 Å². The third-order valence-electron chi connectivity index (χ3n) is 3.19. The minimum atomic E-state index is 0.110. The Kier molecular flexibility index (Phi) is 7.87. The average molecular weight is 262 g/mol. The number of pyridine rings is 1. The predicted octanol–water partition coefficient (Wildman–Crippen LogP) is 4.47. The quantitative estimate of drug-likeness (QED) is 0.667. The van der Waals surface area contributed by atoms with Gasteiger partial charge in [0.2, 0.25) is 5.91 Å². The molecule has 19 heavy (non-hydrogen) atoms. The van der Waals surface area contributed by atoms with E-state index in [4.69, 9.17) is 0 Å². The number of carbonyl (C=O) groups excluding carboxylic acids is 1. The van der Waals surface area contributed by atoms with Crippen LogP contribution in [0.25, 0.3) is 0 Å². The number of hydrogen-bond acceptors (Lipinski definition) is 2. The summed E-state index contributed by atoms with van der Waals surface area (Å²) >= 11 is 0. The zero-order chi connectivity index (χ0) is 13.9. The van der Waals surface area contributed by atoms with Crippen LogP contribution in [-0.4, -0.2) is 10.9 Å². The van der Waals surface area contributed by atoms with Gasteiger partial charge in [0, 0.05) is 24.0 Å². The molecular weight excluding hydrogens is 236 g/mol. The van der Waals surface area contributed by atoms with Gasteiger partial charge in [-0.25, -0.2) is 0 Å². The van der Waals surface area contributed by atoms with E-state index in [2.05, 4.69) is 17.2 Å². The molecule has 1 rings (SSSR count). The zero-order valence-electron chi connectivity index (χ0n) is 12.2. The van der Waals surface area contributed by atoms with Crippen molar-refractivity contribution < 1.29 is 4.79 Å². The van der Waals surface area contributed by atoms with Gasteiger partial charge in [0.05, 0.1) is 0 Å². The summed E-state index contributed by atoms with van der Waals surface area (Å²) in [6.07, 6.45) is 11.0. The summed E-state index contributed by atoms with van der Waals surface area (Å²) in [5.41, 5.74) is 1.77. The highest BCUT2D eigenvalue weighted by molar-refractivity contribution is 5.90. The highest BCUT2D eigenvalue weighted by Crippen LogP contribution is 2.11. The SMILES string of the molecule is CCCCCCCCCC(=O)Nc1ccnc(C)c1. The Hall–Kier alpha value is -1.38. The average Bonchev–Trinajstić information content (AvgIpc) is 2.37. The van der Waals surface area contributed by atoms with Gasteiger partial charge in [-0.05, 0) is 25.5 Å². The fourth-order valence-electron chi connectivity index (χ4n) is 2.09. The van der Waals surface area contributed by atoms with Crippen LogP contribution >= 0.6 is 0 Å². The molecule has 0 aliphatic carbocycles. The molecule has 1 heterocycles. The summed E-state index contributed by atoms with van der Waals surface area (Å²) in [6.45, 7) is 4.15. The summed E-state index contributed by atoms with van der Waals surface area (Å²) in [5, 5.41) is 2.92. The lowest BCUT2D eigenvalue weighted by Crippen LogP contribution is -2.11. The van der Waals surface area contributed by atoms with E-state index >= 15 is 0 Å². The molecule has 1 amide bonds. The number of anilines is 1. The molecule has 0 fully saturated rings. The maximum absolute atomic E-state index is 11.7. The molecule has 1 aromatic heterocycles. The maximum atomic E-state index is 11.7. The predicted molar refractivity (Wildman–Crippen MR) is 80.2 cm³/mol. The molecule has 3 nitrogen and oxygen atoms in total. The maximum Gasteiger partial charge on any atom is 0.224 e. The van der Waals surface area contributed by atoms with Gasteiger partial charge in [-0.15, -0.1) is 0 Å². The van der Waals surface area contributed by atoms with Crippen LogP contribution in [0.4, 0.5) is 5.69 Å². The van der Waals surface area contributed by atoms with Crippen molar-refractivity contribution in [3.8, 4) is 0 Å². The van der Waals surface area contributed by atoms with Crippen molar-refractivity contribution in [1.82, 2.24) is 4.98 Å². The van der Waals surface area contributed by atoms with Gasteiger partial charge in [0.25, 0.3) is 0 Å². The third kappa shape index (κ3) is 7.60. The minimum absolute atomic E-state index is 0.110. The van der Waals surface area contributed by atoms with Crippen LogP contribution in [0.1, 0.15) is 64.0 Å². The van der Waals surface area contributed by atoms with E-state index in [1.165, 1.54) is 32.1 Å². The lowest BCUT2D eigenvalue weighted by molar-refractivity contribution is -0.116. The second-order valence-electron chi connectivity index (χ2n) is 5.11. The number of unbranched alkanes of at least 4 members (excludes halogenated alkanes) is 6. The molecule has 0 radical (unpaired) electrons. The third-order valence-corrected chi connectivity index (χ3v) is 3.19. The van der Waals surface area contributed by atoms with Crippen molar-refractivity contribution in [1.29, 1.82) is 0 Å². The smallest absolute Gasteiger partial charge is 0.224 e. The lowest BCUT2D eigenvalue weighted by atomic mass is 10.1. The van der Waals surface area contributed by atoms with Crippen LogP contribution < -0.4 is 5.32 Å². The Bertz CT molecular complexity index is 377. The number of nitrogens with zero attached hydrogens (tertiary/aromatic N) is 1. The number of rotatable bonds is 9. The van der Waals surface area contributed by atoms with E-state index in [9.17, 15) is 4.79 Å². The Labute approximate surface area is 116 Å². The highest BCUT2D eigenvalue weighted by Gasteiger charge is 2.02. The van der Waals surface area contributed by atoms with Crippen molar-refractivity contribution >= 4 is 11.6 Å². The molecule has 1 aromatic rings. The van der Waals surface area contributed by atoms with E-state index in [-0.39, 0.29) is 5.91 Å². The summed E-state index contributed by atoms with van der Waals surface area (Å²) in [4.78, 5) is 15.8. The number of nitrogens with one attached hydrogen (secondary N) is 1. The van der Waals surface area contributed by atoms with Gasteiger partial charge in [-0.3, -0.25) is 9.78 Å². The van der Waals surface area contributed by atoms with Crippen LogP contribution in [0, 0.1) is 6.92 Å². The zero-order valence-corrected chi connectivity index (χ0v) is 12.2. The lowest BCUT2D eigenvalue weighted by Gasteiger charge is -2.05. The number of carbonyl (C=O) groups is 1. The first-order chi connectivity index (χ1) is 9.22. The van der Waals surface area contributed by atoms with Gasteiger partial charge < -0.3 is 5.32 Å². The summed E-state index contributed by atoms with van der Waals surface area (Å²) in [7, 11) is 0. The summed E-state index contributed by atoms with van der Waals surface area (Å²) in [6, 6.07) is 3.72. The molecule has 106 valence electrons. The number of aryl methyl sites for hydroxylation is 1. The van der Waals surface area contributed by atoms with Crippen LogP contribution in [0.2, 0.25) is 0 Å². The van der Waals surface area contributed by atoms with E-state index in [0.717, 1.165) is 24.2 Å².